The molecule has 1 rings (SSSR count). The minimum Gasteiger partial charge on any atom is -0.389 e. The summed E-state index contributed by atoms with van der Waals surface area (Å²) in [6.07, 6.45) is 0. The Hall–Kier alpha value is -1.11. The molecule has 0 amide bonds. The molecule has 0 unspecified atom stereocenters. The molecule has 94 valence electrons. The number of aliphatic hydroxyl groups excluding tert-OH is 2. The van der Waals surface area contributed by atoms with Crippen LogP contribution in [0.1, 0.15) is 6.92 Å². The molecule has 0 aliphatic rings. The van der Waals surface area contributed by atoms with Crippen LogP contribution in [0, 0.1) is 10.1 Å². The third kappa shape index (κ3) is 2.96. The number of benzene rings is 1. The second-order valence-corrected chi connectivity index (χ2v) is 5.16. The average molecular weight is 257 g/mol. The minimum absolute atomic E-state index is 0.533. The molecule has 17 heavy (non-hydrogen) atoms. The summed E-state index contributed by atoms with van der Waals surface area (Å²) in [5, 5.41) is 28.8. The normalized spacial score (nSPS) is 13.4. The zero-order valence-electron chi connectivity index (χ0n) is 9.44. The van der Waals surface area contributed by atoms with Crippen molar-refractivity contribution in [2.45, 2.75) is 22.6 Å². The van der Waals surface area contributed by atoms with Gasteiger partial charge in [-0.25, -0.2) is 0 Å². The van der Waals surface area contributed by atoms with Crippen LogP contribution in [-0.2, 0) is 0 Å². The van der Waals surface area contributed by atoms with Crippen molar-refractivity contribution in [2.24, 2.45) is 0 Å². The first-order valence-electron chi connectivity index (χ1n) is 5.14. The number of nitro groups is 1. The zero-order chi connectivity index (χ0) is 12.9. The first kappa shape index (κ1) is 14.0. The summed E-state index contributed by atoms with van der Waals surface area (Å²) in [5.41, 5.74) is -1.71. The van der Waals surface area contributed by atoms with Crippen molar-refractivity contribution >= 4 is 11.8 Å². The zero-order valence-corrected chi connectivity index (χ0v) is 10.3. The second-order valence-electron chi connectivity index (χ2n) is 3.75. The van der Waals surface area contributed by atoms with Gasteiger partial charge in [-0.2, -0.15) is 0 Å². The van der Waals surface area contributed by atoms with Crippen molar-refractivity contribution in [3.8, 4) is 0 Å². The lowest BCUT2D eigenvalue weighted by molar-refractivity contribution is -0.575. The summed E-state index contributed by atoms with van der Waals surface area (Å²) in [7, 11) is 0. The monoisotopic (exact) mass is 257 g/mol. The molecule has 0 radical (unpaired) electrons. The Balaban J connectivity index is 2.86. The summed E-state index contributed by atoms with van der Waals surface area (Å²) in [6, 6.07) is 9.19. The lowest BCUT2D eigenvalue weighted by Gasteiger charge is -2.26. The van der Waals surface area contributed by atoms with Gasteiger partial charge in [-0.3, -0.25) is 10.1 Å². The molecule has 0 bridgehead atoms. The predicted molar refractivity (Wildman–Crippen MR) is 65.7 cm³/mol. The van der Waals surface area contributed by atoms with Gasteiger partial charge in [-0.05, 0) is 19.1 Å². The van der Waals surface area contributed by atoms with Crippen molar-refractivity contribution in [1.29, 1.82) is 0 Å². The minimum atomic E-state index is -1.71. The van der Waals surface area contributed by atoms with Crippen LogP contribution in [0.3, 0.4) is 0 Å². The smallest absolute Gasteiger partial charge is 0.278 e. The Kier molecular flexibility index (Phi) is 4.92. The molecule has 0 aliphatic heterocycles. The topological polar surface area (TPSA) is 83.6 Å². The molecule has 1 aromatic carbocycles. The summed E-state index contributed by atoms with van der Waals surface area (Å²) < 4.78 is 0. The van der Waals surface area contributed by atoms with E-state index in [4.69, 9.17) is 0 Å². The molecule has 6 heteroatoms. The molecule has 0 heterocycles. The molecule has 1 aromatic rings. The fourth-order valence-corrected chi connectivity index (χ4v) is 2.56. The molecular formula is C11H15NO4S. The van der Waals surface area contributed by atoms with Crippen molar-refractivity contribution in [3.63, 3.8) is 0 Å². The standard InChI is InChI=1S/C11H15NO4S/c1-9(11(7-13,8-14)12(15)16)17-10-5-3-2-4-6-10/h2-6,9,13-14H,7-8H2,1H3/t9-/m0/s1. The lowest BCUT2D eigenvalue weighted by atomic mass is 9.99. The second kappa shape index (κ2) is 6.00. The molecule has 0 saturated heterocycles. The van der Waals surface area contributed by atoms with Gasteiger partial charge < -0.3 is 10.2 Å². The quantitative estimate of drug-likeness (QED) is 0.454. The highest BCUT2D eigenvalue weighted by atomic mass is 32.2. The molecule has 0 saturated carbocycles. The van der Waals surface area contributed by atoms with Crippen LogP contribution in [0.4, 0.5) is 0 Å². The van der Waals surface area contributed by atoms with Gasteiger partial charge in [0.15, 0.2) is 0 Å². The van der Waals surface area contributed by atoms with E-state index in [0.29, 0.717) is 0 Å². The number of hydrogen-bond donors (Lipinski definition) is 2. The van der Waals surface area contributed by atoms with E-state index in [2.05, 4.69) is 0 Å². The Morgan fingerprint density at radius 1 is 1.35 bits per heavy atom. The number of aliphatic hydroxyl groups is 2. The van der Waals surface area contributed by atoms with Crippen LogP contribution in [0.2, 0.25) is 0 Å². The van der Waals surface area contributed by atoms with E-state index in [9.17, 15) is 20.3 Å². The molecule has 5 nitrogen and oxygen atoms in total. The maximum atomic E-state index is 11.0. The van der Waals surface area contributed by atoms with E-state index in [1.807, 2.05) is 30.3 Å². The number of thioether (sulfide) groups is 1. The third-order valence-electron chi connectivity index (χ3n) is 2.72. The van der Waals surface area contributed by atoms with Crippen molar-refractivity contribution in [1.82, 2.24) is 0 Å². The van der Waals surface area contributed by atoms with Crippen LogP contribution < -0.4 is 0 Å². The summed E-state index contributed by atoms with van der Waals surface area (Å²) in [6.45, 7) is 0.266. The van der Waals surface area contributed by atoms with Gasteiger partial charge >= 0.3 is 0 Å². The molecule has 0 spiro atoms. The lowest BCUT2D eigenvalue weighted by Crippen LogP contribution is -2.53. The van der Waals surface area contributed by atoms with Crippen LogP contribution in [-0.4, -0.2) is 39.1 Å². The van der Waals surface area contributed by atoms with Crippen LogP contribution in [0.5, 0.6) is 0 Å². The Labute approximate surface area is 104 Å². The van der Waals surface area contributed by atoms with Gasteiger partial charge in [-0.15, -0.1) is 11.8 Å². The largest absolute Gasteiger partial charge is 0.389 e. The van der Waals surface area contributed by atoms with E-state index < -0.39 is 28.9 Å². The predicted octanol–water partition coefficient (Wildman–Crippen LogP) is 1.17. The fraction of sp³-hybridized carbons (Fsp3) is 0.455. The molecule has 0 fully saturated rings. The highest BCUT2D eigenvalue weighted by Crippen LogP contribution is 2.31. The molecule has 0 aromatic heterocycles. The number of hydrogen-bond acceptors (Lipinski definition) is 5. The van der Waals surface area contributed by atoms with E-state index >= 15 is 0 Å². The molecule has 0 aliphatic carbocycles. The summed E-state index contributed by atoms with van der Waals surface area (Å²) >= 11 is 1.27. The van der Waals surface area contributed by atoms with Crippen molar-refractivity contribution < 1.29 is 15.1 Å². The first-order valence-corrected chi connectivity index (χ1v) is 6.02. The Morgan fingerprint density at radius 3 is 2.29 bits per heavy atom. The van der Waals surface area contributed by atoms with E-state index in [1.54, 1.807) is 6.92 Å². The maximum absolute atomic E-state index is 11.0. The summed E-state index contributed by atoms with van der Waals surface area (Å²) in [5.74, 6) is 0. The van der Waals surface area contributed by atoms with Crippen LogP contribution in [0.25, 0.3) is 0 Å². The van der Waals surface area contributed by atoms with E-state index in [0.717, 1.165) is 4.90 Å². The molecule has 1 atom stereocenters. The summed E-state index contributed by atoms with van der Waals surface area (Å²) in [4.78, 5) is 11.3. The molecule has 2 N–H and O–H groups in total. The maximum Gasteiger partial charge on any atom is 0.278 e. The van der Waals surface area contributed by atoms with Crippen molar-refractivity contribution in [3.05, 3.63) is 40.4 Å². The third-order valence-corrected chi connectivity index (χ3v) is 4.06. The fourth-order valence-electron chi connectivity index (χ4n) is 1.38. The van der Waals surface area contributed by atoms with Gasteiger partial charge in [0.2, 0.25) is 0 Å². The van der Waals surface area contributed by atoms with Gasteiger partial charge in [0.1, 0.15) is 13.2 Å². The number of rotatable bonds is 6. The first-order chi connectivity index (χ1) is 8.06. The molecular weight excluding hydrogens is 242 g/mol. The SMILES string of the molecule is C[C@H](Sc1ccccc1)C(CO)(CO)[N+](=O)[O-]. The van der Waals surface area contributed by atoms with Gasteiger partial charge in [0.05, 0.1) is 5.25 Å². The average Bonchev–Trinajstić information content (AvgIpc) is 2.32. The van der Waals surface area contributed by atoms with Gasteiger partial charge in [0, 0.05) is 9.82 Å². The van der Waals surface area contributed by atoms with Gasteiger partial charge in [0.25, 0.3) is 5.54 Å². The van der Waals surface area contributed by atoms with E-state index in [-0.39, 0.29) is 0 Å². The van der Waals surface area contributed by atoms with Crippen LogP contribution >= 0.6 is 11.8 Å². The highest BCUT2D eigenvalue weighted by molar-refractivity contribution is 8.00. The van der Waals surface area contributed by atoms with Crippen LogP contribution in [0.15, 0.2) is 35.2 Å². The Morgan fingerprint density at radius 2 is 1.88 bits per heavy atom. The van der Waals surface area contributed by atoms with E-state index in [1.165, 1.54) is 11.8 Å². The highest BCUT2D eigenvalue weighted by Gasteiger charge is 2.48. The number of nitrogens with zero attached hydrogens (tertiary/aromatic N) is 1. The van der Waals surface area contributed by atoms with Gasteiger partial charge in [-0.1, -0.05) is 18.2 Å². The van der Waals surface area contributed by atoms with Crippen molar-refractivity contribution in [2.75, 3.05) is 13.2 Å². The Bertz CT molecular complexity index is 367.